The lowest BCUT2D eigenvalue weighted by Crippen LogP contribution is -2.65. The van der Waals surface area contributed by atoms with Crippen LogP contribution in [-0.2, 0) is 25.7 Å². The summed E-state index contributed by atoms with van der Waals surface area (Å²) in [6, 6.07) is 9.11. The molecule has 1 aliphatic carbocycles. The van der Waals surface area contributed by atoms with Gasteiger partial charge in [0.15, 0.2) is 0 Å². The van der Waals surface area contributed by atoms with Crippen LogP contribution >= 0.6 is 0 Å². The molecule has 3 atom stereocenters. The number of nitrogens with two attached hydrogens (primary N) is 2. The molecule has 168 valence electrons. The highest BCUT2D eigenvalue weighted by molar-refractivity contribution is 5.85. The van der Waals surface area contributed by atoms with Gasteiger partial charge in [0.25, 0.3) is 5.91 Å². The van der Waals surface area contributed by atoms with Crippen molar-refractivity contribution in [2.24, 2.45) is 23.3 Å². The molecule has 7 nitrogen and oxygen atoms in total. The molecule has 1 saturated carbocycles. The molecule has 1 amide bonds. The Morgan fingerprint density at radius 2 is 1.73 bits per heavy atom. The topological polar surface area (TPSA) is 125 Å². The van der Waals surface area contributed by atoms with Gasteiger partial charge in [-0.3, -0.25) is 15.3 Å². The normalized spacial score (nSPS) is 19.5. The predicted octanol–water partition coefficient (Wildman–Crippen LogP) is 2.63. The largest absolute Gasteiger partial charge is 0.460 e. The molecular formula is C23H36N2O5. The monoisotopic (exact) mass is 420 g/mol. The molecule has 0 saturated heterocycles. The van der Waals surface area contributed by atoms with E-state index in [4.69, 9.17) is 20.9 Å². The smallest absolute Gasteiger partial charge is 0.312 e. The van der Waals surface area contributed by atoms with Crippen LogP contribution in [0.2, 0.25) is 0 Å². The summed E-state index contributed by atoms with van der Waals surface area (Å²) in [5.41, 5.74) is 9.53. The molecule has 0 aromatic heterocycles. The summed E-state index contributed by atoms with van der Waals surface area (Å²) in [5, 5.41) is 11.1. The van der Waals surface area contributed by atoms with Crippen molar-refractivity contribution in [3.05, 3.63) is 35.9 Å². The fourth-order valence-corrected chi connectivity index (χ4v) is 3.89. The Hall–Kier alpha value is -1.96. The zero-order valence-corrected chi connectivity index (χ0v) is 18.3. The number of ether oxygens (including phenoxy) is 2. The highest BCUT2D eigenvalue weighted by Gasteiger charge is 2.49. The Labute approximate surface area is 179 Å². The summed E-state index contributed by atoms with van der Waals surface area (Å²) in [6.07, 6.45) is 3.99. The van der Waals surface area contributed by atoms with Crippen LogP contribution in [0, 0.1) is 11.8 Å². The number of carbonyl (C=O) groups is 2. The van der Waals surface area contributed by atoms with E-state index in [-0.39, 0.29) is 12.5 Å². The summed E-state index contributed by atoms with van der Waals surface area (Å²) in [4.78, 5) is 25.2. The average Bonchev–Trinajstić information content (AvgIpc) is 2.69. The lowest BCUT2D eigenvalue weighted by Gasteiger charge is -2.37. The van der Waals surface area contributed by atoms with Crippen LogP contribution in [0.15, 0.2) is 30.3 Å². The fourth-order valence-electron chi connectivity index (χ4n) is 3.89. The van der Waals surface area contributed by atoms with E-state index in [1.807, 2.05) is 18.2 Å². The van der Waals surface area contributed by atoms with Gasteiger partial charge in [-0.05, 0) is 38.7 Å². The van der Waals surface area contributed by atoms with Crippen molar-refractivity contribution in [3.8, 4) is 0 Å². The van der Waals surface area contributed by atoms with Crippen LogP contribution in [0.25, 0.3) is 0 Å². The van der Waals surface area contributed by atoms with Gasteiger partial charge in [-0.15, -0.1) is 0 Å². The molecule has 0 heterocycles. The molecule has 1 aliphatic rings. The third-order valence-electron chi connectivity index (χ3n) is 5.55. The molecule has 5 N–H and O–H groups in total. The highest BCUT2D eigenvalue weighted by Crippen LogP contribution is 2.33. The maximum atomic E-state index is 13.0. The Kier molecular flexibility index (Phi) is 8.41. The third kappa shape index (κ3) is 6.79. The molecule has 30 heavy (non-hydrogen) atoms. The van der Waals surface area contributed by atoms with E-state index >= 15 is 0 Å². The molecule has 1 aromatic carbocycles. The first-order valence-corrected chi connectivity index (χ1v) is 10.7. The van der Waals surface area contributed by atoms with Crippen molar-refractivity contribution >= 4 is 11.9 Å². The zero-order valence-electron chi connectivity index (χ0n) is 18.3. The van der Waals surface area contributed by atoms with Crippen LogP contribution in [-0.4, -0.2) is 34.4 Å². The maximum absolute atomic E-state index is 13.0. The van der Waals surface area contributed by atoms with Crippen LogP contribution < -0.4 is 11.5 Å². The molecule has 0 radical (unpaired) electrons. The van der Waals surface area contributed by atoms with Crippen molar-refractivity contribution in [1.29, 1.82) is 0 Å². The highest BCUT2D eigenvalue weighted by atomic mass is 16.6. The average molecular weight is 421 g/mol. The van der Waals surface area contributed by atoms with Gasteiger partial charge in [0, 0.05) is 0 Å². The summed E-state index contributed by atoms with van der Waals surface area (Å²) in [5.74, 6) is -2.39. The van der Waals surface area contributed by atoms with Gasteiger partial charge in [0.1, 0.15) is 11.7 Å². The van der Waals surface area contributed by atoms with Crippen LogP contribution in [0.1, 0.15) is 64.9 Å². The number of aliphatic hydroxyl groups is 1. The van der Waals surface area contributed by atoms with E-state index in [9.17, 15) is 14.7 Å². The van der Waals surface area contributed by atoms with E-state index in [0.29, 0.717) is 6.42 Å². The van der Waals surface area contributed by atoms with Gasteiger partial charge in [-0.2, -0.15) is 0 Å². The summed E-state index contributed by atoms with van der Waals surface area (Å²) in [6.45, 7) is 5.24. The SMILES string of the molecule is CC(C)(C)OC(=O)C(CC1CCCCC1)C(O)C(N)(OCc1ccccc1)C(N)=O. The molecule has 3 unspecified atom stereocenters. The number of rotatable bonds is 9. The Morgan fingerprint density at radius 3 is 2.27 bits per heavy atom. The molecular weight excluding hydrogens is 384 g/mol. The van der Waals surface area contributed by atoms with Crippen LogP contribution in [0.5, 0.6) is 0 Å². The van der Waals surface area contributed by atoms with Gasteiger partial charge in [-0.1, -0.05) is 62.4 Å². The number of benzene rings is 1. The molecule has 1 fully saturated rings. The number of esters is 1. The van der Waals surface area contributed by atoms with Crippen molar-refractivity contribution in [1.82, 2.24) is 0 Å². The first-order chi connectivity index (χ1) is 14.0. The van der Waals surface area contributed by atoms with Crippen molar-refractivity contribution in [2.75, 3.05) is 0 Å². The van der Waals surface area contributed by atoms with Gasteiger partial charge in [0.05, 0.1) is 12.5 Å². The van der Waals surface area contributed by atoms with Crippen molar-refractivity contribution in [2.45, 2.75) is 83.3 Å². The molecule has 7 heteroatoms. The van der Waals surface area contributed by atoms with E-state index < -0.39 is 35.2 Å². The van der Waals surface area contributed by atoms with Gasteiger partial charge in [0.2, 0.25) is 5.72 Å². The minimum absolute atomic E-state index is 0.0260. The minimum Gasteiger partial charge on any atom is -0.460 e. The Bertz CT molecular complexity index is 697. The van der Waals surface area contributed by atoms with E-state index in [0.717, 1.165) is 31.2 Å². The minimum atomic E-state index is -2.22. The van der Waals surface area contributed by atoms with E-state index in [1.165, 1.54) is 6.42 Å². The standard InChI is InChI=1S/C23H36N2O5/c1-22(2,3)30-20(27)18(14-16-10-6-4-7-11-16)19(26)23(25,21(24)28)29-15-17-12-8-5-9-13-17/h5,8-9,12-13,16,18-19,26H,4,6-7,10-11,14-15,25H2,1-3H3,(H2,24,28). The third-order valence-corrected chi connectivity index (χ3v) is 5.55. The van der Waals surface area contributed by atoms with Crippen molar-refractivity contribution in [3.63, 3.8) is 0 Å². The number of hydrogen-bond acceptors (Lipinski definition) is 6. The quantitative estimate of drug-likeness (QED) is 0.417. The van der Waals surface area contributed by atoms with Gasteiger partial charge < -0.3 is 20.3 Å². The summed E-state index contributed by atoms with van der Waals surface area (Å²) < 4.78 is 11.2. The summed E-state index contributed by atoms with van der Waals surface area (Å²) in [7, 11) is 0. The predicted molar refractivity (Wildman–Crippen MR) is 114 cm³/mol. The maximum Gasteiger partial charge on any atom is 0.312 e. The second-order valence-electron chi connectivity index (χ2n) is 9.26. The Morgan fingerprint density at radius 1 is 1.13 bits per heavy atom. The lowest BCUT2D eigenvalue weighted by atomic mass is 9.79. The number of hydrogen-bond donors (Lipinski definition) is 3. The van der Waals surface area contributed by atoms with Crippen molar-refractivity contribution < 1.29 is 24.2 Å². The Balaban J connectivity index is 2.24. The molecule has 0 aliphatic heterocycles. The summed E-state index contributed by atoms with van der Waals surface area (Å²) >= 11 is 0. The first-order valence-electron chi connectivity index (χ1n) is 10.7. The molecule has 1 aromatic rings. The molecule has 2 rings (SSSR count). The van der Waals surface area contributed by atoms with Gasteiger partial charge in [-0.25, -0.2) is 0 Å². The molecule has 0 spiro atoms. The van der Waals surface area contributed by atoms with Gasteiger partial charge >= 0.3 is 5.97 Å². The molecule has 0 bridgehead atoms. The lowest BCUT2D eigenvalue weighted by molar-refractivity contribution is -0.187. The number of carbonyl (C=O) groups excluding carboxylic acids is 2. The van der Waals surface area contributed by atoms with E-state index in [2.05, 4.69) is 0 Å². The zero-order chi connectivity index (χ0) is 22.4. The fraction of sp³-hybridized carbons (Fsp3) is 0.652. The number of primary amides is 1. The van der Waals surface area contributed by atoms with Crippen LogP contribution in [0.3, 0.4) is 0 Å². The second kappa shape index (κ2) is 10.4. The first kappa shape index (κ1) is 24.3. The van der Waals surface area contributed by atoms with E-state index in [1.54, 1.807) is 32.9 Å². The second-order valence-corrected chi connectivity index (χ2v) is 9.26. The van der Waals surface area contributed by atoms with Crippen LogP contribution in [0.4, 0.5) is 0 Å². The number of amides is 1. The number of aliphatic hydroxyl groups excluding tert-OH is 1.